The Hall–Kier alpha value is -2.15. The molecule has 1 saturated heterocycles. The third-order valence-electron chi connectivity index (χ3n) is 3.06. The van der Waals surface area contributed by atoms with E-state index in [1.807, 2.05) is 0 Å². The van der Waals surface area contributed by atoms with Crippen molar-refractivity contribution in [3.05, 3.63) is 33.9 Å². The first-order chi connectivity index (χ1) is 9.35. The average molecular weight is 280 g/mol. The molecule has 0 aliphatic carbocycles. The summed E-state index contributed by atoms with van der Waals surface area (Å²) < 4.78 is 5.31. The Morgan fingerprint density at radius 3 is 2.70 bits per heavy atom. The van der Waals surface area contributed by atoms with Crippen LogP contribution in [0.3, 0.4) is 0 Å². The molecule has 1 aromatic carbocycles. The monoisotopic (exact) mass is 280 g/mol. The van der Waals surface area contributed by atoms with Gasteiger partial charge in [-0.1, -0.05) is 6.07 Å². The number of likely N-dealkylation sites (tertiary alicyclic amines) is 1. The van der Waals surface area contributed by atoms with Crippen LogP contribution in [0.1, 0.15) is 24.2 Å². The number of benzene rings is 1. The first-order valence-electron chi connectivity index (χ1n) is 6.27. The average Bonchev–Trinajstić information content (AvgIpc) is 2.35. The lowest BCUT2D eigenvalue weighted by atomic mass is 9.95. The van der Waals surface area contributed by atoms with E-state index in [-0.39, 0.29) is 30.1 Å². The second-order valence-corrected chi connectivity index (χ2v) is 5.00. The van der Waals surface area contributed by atoms with Gasteiger partial charge in [0.15, 0.2) is 5.56 Å². The third-order valence-corrected chi connectivity index (χ3v) is 3.06. The predicted molar refractivity (Wildman–Crippen MR) is 70.8 cm³/mol. The van der Waals surface area contributed by atoms with Crippen molar-refractivity contribution in [2.24, 2.45) is 0 Å². The van der Waals surface area contributed by atoms with Gasteiger partial charge in [-0.3, -0.25) is 14.9 Å². The lowest BCUT2D eigenvalue weighted by Crippen LogP contribution is -2.61. The molecule has 1 fully saturated rings. The molecule has 1 aromatic rings. The van der Waals surface area contributed by atoms with Gasteiger partial charge in [0.2, 0.25) is 0 Å². The van der Waals surface area contributed by atoms with E-state index < -0.39 is 16.4 Å². The molecule has 0 bridgehead atoms. The predicted octanol–water partition coefficient (Wildman–Crippen LogP) is 1.20. The van der Waals surface area contributed by atoms with Gasteiger partial charge in [0.05, 0.1) is 30.2 Å². The van der Waals surface area contributed by atoms with Crippen LogP contribution in [-0.2, 0) is 0 Å². The molecule has 1 aliphatic rings. The standard InChI is InChI=1S/C13H16N2O5/c1-3-20-10-6-4-5-9(15(18)19)11(10)12(16)14-7-13(2,17)8-14/h4-6,17H,3,7-8H2,1-2H3. The number of carbonyl (C=O) groups excluding carboxylic acids is 1. The molecule has 7 heteroatoms. The van der Waals surface area contributed by atoms with Crippen LogP contribution in [0.5, 0.6) is 5.75 Å². The van der Waals surface area contributed by atoms with Crippen molar-refractivity contribution in [2.45, 2.75) is 19.4 Å². The van der Waals surface area contributed by atoms with Gasteiger partial charge in [0, 0.05) is 6.07 Å². The number of nitro benzene ring substituents is 1. The quantitative estimate of drug-likeness (QED) is 0.660. The SMILES string of the molecule is CCOc1cccc([N+](=O)[O-])c1C(=O)N1CC(C)(O)C1. The van der Waals surface area contributed by atoms with Gasteiger partial charge in [0.25, 0.3) is 11.6 Å². The number of nitrogens with zero attached hydrogens (tertiary/aromatic N) is 2. The Kier molecular flexibility index (Phi) is 3.63. The van der Waals surface area contributed by atoms with Gasteiger partial charge >= 0.3 is 0 Å². The topological polar surface area (TPSA) is 92.9 Å². The van der Waals surface area contributed by atoms with Crippen LogP contribution in [-0.4, -0.2) is 46.1 Å². The van der Waals surface area contributed by atoms with Gasteiger partial charge < -0.3 is 14.7 Å². The largest absolute Gasteiger partial charge is 0.493 e. The highest BCUT2D eigenvalue weighted by molar-refractivity contribution is 6.01. The van der Waals surface area contributed by atoms with E-state index in [9.17, 15) is 20.0 Å². The molecule has 1 N–H and O–H groups in total. The Bertz CT molecular complexity index is 548. The summed E-state index contributed by atoms with van der Waals surface area (Å²) in [5.41, 5.74) is -1.27. The van der Waals surface area contributed by atoms with Crippen molar-refractivity contribution in [3.63, 3.8) is 0 Å². The highest BCUT2D eigenvalue weighted by Crippen LogP contribution is 2.32. The smallest absolute Gasteiger partial charge is 0.285 e. The van der Waals surface area contributed by atoms with Gasteiger partial charge in [0.1, 0.15) is 5.75 Å². The number of amides is 1. The highest BCUT2D eigenvalue weighted by atomic mass is 16.6. The number of β-amino-alcohol motifs (C(OH)–C–C–N with tert-alkyl or cyclic N) is 1. The molecule has 0 spiro atoms. The lowest BCUT2D eigenvalue weighted by Gasteiger charge is -2.44. The summed E-state index contributed by atoms with van der Waals surface area (Å²) in [7, 11) is 0. The number of hydrogen-bond acceptors (Lipinski definition) is 5. The van der Waals surface area contributed by atoms with Crippen molar-refractivity contribution in [3.8, 4) is 5.75 Å². The summed E-state index contributed by atoms with van der Waals surface area (Å²) >= 11 is 0. The molecule has 7 nitrogen and oxygen atoms in total. The molecule has 0 unspecified atom stereocenters. The third kappa shape index (κ3) is 2.57. The zero-order chi connectivity index (χ0) is 14.9. The number of carbonyl (C=O) groups is 1. The van der Waals surface area contributed by atoms with Crippen LogP contribution in [0.25, 0.3) is 0 Å². The van der Waals surface area contributed by atoms with E-state index in [1.165, 1.54) is 23.1 Å². The van der Waals surface area contributed by atoms with Crippen LogP contribution in [0, 0.1) is 10.1 Å². The Labute approximate surface area is 115 Å². The summed E-state index contributed by atoms with van der Waals surface area (Å²) in [6.07, 6.45) is 0. The fourth-order valence-corrected chi connectivity index (χ4v) is 2.24. The summed E-state index contributed by atoms with van der Waals surface area (Å²) in [5.74, 6) is -0.300. The van der Waals surface area contributed by atoms with Crippen molar-refractivity contribution in [1.29, 1.82) is 0 Å². The van der Waals surface area contributed by atoms with E-state index in [1.54, 1.807) is 13.8 Å². The highest BCUT2D eigenvalue weighted by Gasteiger charge is 2.42. The van der Waals surface area contributed by atoms with Gasteiger partial charge in [-0.15, -0.1) is 0 Å². The number of aliphatic hydroxyl groups is 1. The van der Waals surface area contributed by atoms with Crippen LogP contribution < -0.4 is 4.74 Å². The molecular formula is C13H16N2O5. The lowest BCUT2D eigenvalue weighted by molar-refractivity contribution is -0.385. The Balaban J connectivity index is 2.37. The Morgan fingerprint density at radius 1 is 1.55 bits per heavy atom. The molecule has 1 heterocycles. The zero-order valence-electron chi connectivity index (χ0n) is 11.3. The first-order valence-corrected chi connectivity index (χ1v) is 6.27. The number of rotatable bonds is 4. The number of hydrogen-bond donors (Lipinski definition) is 1. The molecule has 108 valence electrons. The minimum absolute atomic E-state index is 0.0603. The van der Waals surface area contributed by atoms with E-state index >= 15 is 0 Å². The molecule has 0 saturated carbocycles. The zero-order valence-corrected chi connectivity index (χ0v) is 11.3. The molecule has 0 atom stereocenters. The normalized spacial score (nSPS) is 16.4. The van der Waals surface area contributed by atoms with Crippen molar-refractivity contribution in [1.82, 2.24) is 4.90 Å². The molecule has 20 heavy (non-hydrogen) atoms. The maximum atomic E-state index is 12.4. The summed E-state index contributed by atoms with van der Waals surface area (Å²) in [4.78, 5) is 24.2. The second-order valence-electron chi connectivity index (χ2n) is 5.00. The molecule has 1 amide bonds. The van der Waals surface area contributed by atoms with Crippen molar-refractivity contribution in [2.75, 3.05) is 19.7 Å². The van der Waals surface area contributed by atoms with Crippen LogP contribution >= 0.6 is 0 Å². The minimum Gasteiger partial charge on any atom is -0.493 e. The maximum Gasteiger partial charge on any atom is 0.285 e. The van der Waals surface area contributed by atoms with Gasteiger partial charge in [-0.05, 0) is 19.9 Å². The maximum absolute atomic E-state index is 12.4. The molecule has 1 aliphatic heterocycles. The van der Waals surface area contributed by atoms with E-state index in [4.69, 9.17) is 4.74 Å². The van der Waals surface area contributed by atoms with E-state index in [0.717, 1.165) is 0 Å². The van der Waals surface area contributed by atoms with Gasteiger partial charge in [-0.2, -0.15) is 0 Å². The van der Waals surface area contributed by atoms with E-state index in [0.29, 0.717) is 6.61 Å². The fourth-order valence-electron chi connectivity index (χ4n) is 2.24. The summed E-state index contributed by atoms with van der Waals surface area (Å²) in [5, 5.41) is 20.7. The summed E-state index contributed by atoms with van der Waals surface area (Å²) in [6.45, 7) is 3.97. The van der Waals surface area contributed by atoms with Crippen molar-refractivity contribution < 1.29 is 19.6 Å². The molecule has 0 aromatic heterocycles. The van der Waals surface area contributed by atoms with E-state index in [2.05, 4.69) is 0 Å². The molecule has 0 radical (unpaired) electrons. The fraction of sp³-hybridized carbons (Fsp3) is 0.462. The van der Waals surface area contributed by atoms with Crippen LogP contribution in [0.4, 0.5) is 5.69 Å². The van der Waals surface area contributed by atoms with Crippen LogP contribution in [0.15, 0.2) is 18.2 Å². The molecule has 2 rings (SSSR count). The minimum atomic E-state index is -0.926. The number of nitro groups is 1. The summed E-state index contributed by atoms with van der Waals surface area (Å²) in [6, 6.07) is 4.28. The van der Waals surface area contributed by atoms with Crippen LogP contribution in [0.2, 0.25) is 0 Å². The Morgan fingerprint density at radius 2 is 2.20 bits per heavy atom. The first kappa shape index (κ1) is 14.3. The second kappa shape index (κ2) is 5.09. The van der Waals surface area contributed by atoms with Crippen molar-refractivity contribution >= 4 is 11.6 Å². The number of ether oxygens (including phenoxy) is 1. The molecular weight excluding hydrogens is 264 g/mol. The van der Waals surface area contributed by atoms with Gasteiger partial charge in [-0.25, -0.2) is 0 Å².